The Labute approximate surface area is 59.0 Å². The van der Waals surface area contributed by atoms with Crippen molar-refractivity contribution >= 4 is 10.2 Å². The van der Waals surface area contributed by atoms with Crippen LogP contribution in [0.15, 0.2) is 0 Å². The van der Waals surface area contributed by atoms with E-state index in [2.05, 4.69) is 6.92 Å². The fourth-order valence-electron chi connectivity index (χ4n) is 0.519. The first-order valence-electron chi connectivity index (χ1n) is 3.35. The molecule has 0 aromatic carbocycles. The summed E-state index contributed by atoms with van der Waals surface area (Å²) in [6.07, 6.45) is 1.31. The predicted molar refractivity (Wildman–Crippen MR) is 39.4 cm³/mol. The summed E-state index contributed by atoms with van der Waals surface area (Å²) < 4.78 is 10.4. The molecule has 1 rings (SSSR count). The Morgan fingerprint density at radius 3 is 3.00 bits per heavy atom. The van der Waals surface area contributed by atoms with E-state index in [4.69, 9.17) is 9.47 Å². The maximum Gasteiger partial charge on any atom is 0.104 e. The lowest BCUT2D eigenvalue weighted by Gasteiger charge is -2.07. The van der Waals surface area contributed by atoms with Crippen LogP contribution < -0.4 is 0 Å². The summed E-state index contributed by atoms with van der Waals surface area (Å²) in [5.41, 5.74) is 0.425. The Bertz CT molecular complexity index is 83.1. The largest absolute Gasteiger partial charge is 0.380 e. The van der Waals surface area contributed by atoms with Gasteiger partial charge in [0.1, 0.15) is 6.10 Å². The molecule has 3 heteroatoms. The quantitative estimate of drug-likeness (QED) is 0.386. The number of ether oxygens (including phenoxy) is 2. The topological polar surface area (TPSA) is 21.8 Å². The van der Waals surface area contributed by atoms with E-state index in [1.165, 1.54) is 0 Å². The maximum atomic E-state index is 5.39. The summed E-state index contributed by atoms with van der Waals surface area (Å²) in [4.78, 5) is 0. The third-order valence-electron chi connectivity index (χ3n) is 1.38. The van der Waals surface area contributed by atoms with Crippen LogP contribution in [0.2, 0.25) is 0 Å². The van der Waals surface area contributed by atoms with Gasteiger partial charge < -0.3 is 9.47 Å². The lowest BCUT2D eigenvalue weighted by molar-refractivity contribution is 0.0932. The molecular weight excluding hydrogens is 132 g/mol. The smallest absolute Gasteiger partial charge is 0.104 e. The van der Waals surface area contributed by atoms with E-state index in [-0.39, 0.29) is 0 Å². The van der Waals surface area contributed by atoms with Crippen molar-refractivity contribution in [2.24, 2.45) is 0 Å². The summed E-state index contributed by atoms with van der Waals surface area (Å²) in [7, 11) is 1.08. The highest BCUT2D eigenvalue weighted by molar-refractivity contribution is 6.11. The molecule has 2 nitrogen and oxygen atoms in total. The summed E-state index contributed by atoms with van der Waals surface area (Å²) in [6, 6.07) is 0. The molecule has 2 atom stereocenters. The molecule has 0 spiro atoms. The van der Waals surface area contributed by atoms with Crippen LogP contribution in [0.5, 0.6) is 0 Å². The van der Waals surface area contributed by atoms with E-state index in [1.54, 1.807) is 0 Å². The van der Waals surface area contributed by atoms with Crippen molar-refractivity contribution in [3.8, 4) is 0 Å². The lowest BCUT2D eigenvalue weighted by Crippen LogP contribution is -2.14. The molecule has 9 heavy (non-hydrogen) atoms. The van der Waals surface area contributed by atoms with E-state index in [9.17, 15) is 0 Å². The second kappa shape index (κ2) is 3.34. The summed E-state index contributed by atoms with van der Waals surface area (Å²) in [5, 5.41) is 0. The molecule has 1 fully saturated rings. The van der Waals surface area contributed by atoms with Crippen molar-refractivity contribution in [3.05, 3.63) is 6.92 Å². The molecule has 1 heterocycles. The SMILES string of the molecule is [CH2]CC([SiH3])OCC1CO1. The van der Waals surface area contributed by atoms with Gasteiger partial charge in [0.2, 0.25) is 0 Å². The average Bonchev–Trinajstić information content (AvgIpc) is 2.65. The maximum absolute atomic E-state index is 5.39. The Hall–Kier alpha value is 0.137. The molecule has 1 radical (unpaired) electrons. The molecule has 0 amide bonds. The van der Waals surface area contributed by atoms with E-state index in [1.807, 2.05) is 0 Å². The van der Waals surface area contributed by atoms with Crippen LogP contribution in [0.25, 0.3) is 0 Å². The second-order valence-electron chi connectivity index (χ2n) is 2.39. The summed E-state index contributed by atoms with van der Waals surface area (Å²) in [6.45, 7) is 5.43. The fraction of sp³-hybridized carbons (Fsp3) is 0.833. The van der Waals surface area contributed by atoms with Crippen molar-refractivity contribution in [1.29, 1.82) is 0 Å². The van der Waals surface area contributed by atoms with Crippen LogP contribution in [0, 0.1) is 6.92 Å². The minimum atomic E-state index is 0.410. The standard InChI is InChI=1S/C6H13O2Si/c1-2-6(9)8-4-5-3-7-5/h5-6H,1-4H2,9H3. The summed E-state index contributed by atoms with van der Waals surface area (Å²) >= 11 is 0. The minimum absolute atomic E-state index is 0.410. The van der Waals surface area contributed by atoms with Crippen LogP contribution in [-0.4, -0.2) is 35.3 Å². The van der Waals surface area contributed by atoms with Crippen molar-refractivity contribution in [1.82, 2.24) is 0 Å². The second-order valence-corrected chi connectivity index (χ2v) is 3.68. The van der Waals surface area contributed by atoms with Gasteiger partial charge in [0.15, 0.2) is 0 Å². The minimum Gasteiger partial charge on any atom is -0.380 e. The molecular formula is C6H13O2Si. The molecule has 0 saturated carbocycles. The van der Waals surface area contributed by atoms with Crippen LogP contribution in [0.3, 0.4) is 0 Å². The van der Waals surface area contributed by atoms with Crippen LogP contribution in [0.4, 0.5) is 0 Å². The van der Waals surface area contributed by atoms with Crippen LogP contribution in [-0.2, 0) is 9.47 Å². The molecule has 1 aliphatic heterocycles. The Morgan fingerprint density at radius 1 is 1.89 bits per heavy atom. The van der Waals surface area contributed by atoms with Crippen molar-refractivity contribution < 1.29 is 9.47 Å². The number of hydrogen-bond acceptors (Lipinski definition) is 2. The molecule has 53 valence electrons. The third kappa shape index (κ3) is 2.98. The normalized spacial score (nSPS) is 28.3. The van der Waals surface area contributed by atoms with Crippen LogP contribution in [0.1, 0.15) is 6.42 Å². The van der Waals surface area contributed by atoms with Gasteiger partial charge in [-0.15, -0.1) is 0 Å². The lowest BCUT2D eigenvalue weighted by atomic mass is 10.5. The first-order chi connectivity index (χ1) is 4.33. The molecule has 1 aliphatic rings. The monoisotopic (exact) mass is 145 g/mol. The highest BCUT2D eigenvalue weighted by Gasteiger charge is 2.22. The van der Waals surface area contributed by atoms with E-state index in [0.717, 1.165) is 29.9 Å². The Morgan fingerprint density at radius 2 is 2.56 bits per heavy atom. The van der Waals surface area contributed by atoms with Gasteiger partial charge in [0.25, 0.3) is 0 Å². The highest BCUT2D eigenvalue weighted by Crippen LogP contribution is 2.09. The Balaban J connectivity index is 1.90. The molecule has 0 aliphatic carbocycles. The zero-order valence-corrected chi connectivity index (χ0v) is 7.80. The van der Waals surface area contributed by atoms with Gasteiger partial charge in [-0.05, 0) is 6.42 Å². The highest BCUT2D eigenvalue weighted by atomic mass is 28.1. The third-order valence-corrected chi connectivity index (χ3v) is 2.29. The zero-order valence-electron chi connectivity index (χ0n) is 5.80. The molecule has 0 aromatic heterocycles. The number of hydrogen-bond donors (Lipinski definition) is 0. The molecule has 0 N–H and O–H groups in total. The first kappa shape index (κ1) is 7.25. The molecule has 0 aromatic rings. The molecule has 1 saturated heterocycles. The fourth-order valence-corrected chi connectivity index (χ4v) is 0.712. The average molecular weight is 145 g/mol. The first-order valence-corrected chi connectivity index (χ1v) is 4.51. The predicted octanol–water partition coefficient (Wildman–Crippen LogP) is -0.683. The molecule has 0 bridgehead atoms. The van der Waals surface area contributed by atoms with Crippen molar-refractivity contribution in [2.75, 3.05) is 13.2 Å². The van der Waals surface area contributed by atoms with Gasteiger partial charge in [0.05, 0.1) is 13.2 Å². The summed E-state index contributed by atoms with van der Waals surface area (Å²) in [5.74, 6) is 0. The van der Waals surface area contributed by atoms with Gasteiger partial charge in [0, 0.05) is 16.0 Å². The number of rotatable bonds is 4. The van der Waals surface area contributed by atoms with Gasteiger partial charge in [-0.3, -0.25) is 0 Å². The van der Waals surface area contributed by atoms with Gasteiger partial charge in [-0.1, -0.05) is 6.92 Å². The van der Waals surface area contributed by atoms with Gasteiger partial charge >= 0.3 is 0 Å². The van der Waals surface area contributed by atoms with Crippen LogP contribution >= 0.6 is 0 Å². The van der Waals surface area contributed by atoms with Crippen molar-refractivity contribution in [2.45, 2.75) is 18.3 Å². The van der Waals surface area contributed by atoms with E-state index in [0.29, 0.717) is 11.8 Å². The number of epoxide rings is 1. The van der Waals surface area contributed by atoms with Crippen molar-refractivity contribution in [3.63, 3.8) is 0 Å². The van der Waals surface area contributed by atoms with Gasteiger partial charge in [-0.25, -0.2) is 0 Å². The zero-order chi connectivity index (χ0) is 6.69. The Kier molecular flexibility index (Phi) is 2.69. The molecule has 2 unspecified atom stereocenters. The van der Waals surface area contributed by atoms with E-state index >= 15 is 0 Å². The van der Waals surface area contributed by atoms with E-state index < -0.39 is 0 Å². The van der Waals surface area contributed by atoms with Gasteiger partial charge in [-0.2, -0.15) is 0 Å².